The fourth-order valence-electron chi connectivity index (χ4n) is 0.510. The predicted octanol–water partition coefficient (Wildman–Crippen LogP) is -0.450. The molecule has 1 unspecified atom stereocenters. The molecule has 0 saturated carbocycles. The van der Waals surface area contributed by atoms with Gasteiger partial charge in [-0.25, -0.2) is 0 Å². The monoisotopic (exact) mass is 186 g/mol. The fraction of sp³-hybridized carbons (Fsp3) is 0.800. The van der Waals surface area contributed by atoms with E-state index in [9.17, 15) is 18.0 Å². The number of rotatable bonds is 4. The van der Waals surface area contributed by atoms with Gasteiger partial charge in [0, 0.05) is 6.54 Å². The van der Waals surface area contributed by atoms with Gasteiger partial charge >= 0.3 is 12.1 Å². The van der Waals surface area contributed by atoms with Gasteiger partial charge in [0.15, 0.2) is 0 Å². The third kappa shape index (κ3) is 4.91. The van der Waals surface area contributed by atoms with Gasteiger partial charge in [0.05, 0.1) is 6.54 Å². The summed E-state index contributed by atoms with van der Waals surface area (Å²) < 4.78 is 34.6. The van der Waals surface area contributed by atoms with Crippen molar-refractivity contribution in [3.05, 3.63) is 0 Å². The van der Waals surface area contributed by atoms with Crippen molar-refractivity contribution in [1.29, 1.82) is 0 Å². The Labute approximate surface area is 66.5 Å². The number of alkyl halides is 3. The van der Waals surface area contributed by atoms with Gasteiger partial charge in [-0.3, -0.25) is 10.1 Å². The first-order chi connectivity index (χ1) is 5.37. The molecule has 0 aliphatic carbocycles. The number of hydrogen-bond donors (Lipinski definition) is 3. The molecule has 0 spiro atoms. The first kappa shape index (κ1) is 11.2. The molecule has 0 bridgehead atoms. The minimum Gasteiger partial charge on any atom is -0.480 e. The van der Waals surface area contributed by atoms with Crippen molar-refractivity contribution in [3.8, 4) is 0 Å². The summed E-state index contributed by atoms with van der Waals surface area (Å²) in [6.07, 6.45) is -4.41. The lowest BCUT2D eigenvalue weighted by Crippen LogP contribution is -2.46. The summed E-state index contributed by atoms with van der Waals surface area (Å²) in [5.74, 6) is -1.39. The lowest BCUT2D eigenvalue weighted by Gasteiger charge is -2.13. The molecule has 0 aliphatic heterocycles. The molecule has 1 atom stereocenters. The van der Waals surface area contributed by atoms with E-state index in [1.165, 1.54) is 0 Å². The molecule has 0 radical (unpaired) electrons. The van der Waals surface area contributed by atoms with Gasteiger partial charge < -0.3 is 10.8 Å². The zero-order valence-electron chi connectivity index (χ0n) is 6.06. The highest BCUT2D eigenvalue weighted by Crippen LogP contribution is 2.12. The molecule has 0 aromatic carbocycles. The zero-order valence-corrected chi connectivity index (χ0v) is 6.06. The molecule has 0 rings (SSSR count). The van der Waals surface area contributed by atoms with Crippen LogP contribution in [0.4, 0.5) is 13.2 Å². The van der Waals surface area contributed by atoms with Crippen LogP contribution in [0.2, 0.25) is 0 Å². The third-order valence-corrected chi connectivity index (χ3v) is 1.08. The molecule has 0 aromatic rings. The van der Waals surface area contributed by atoms with E-state index in [-0.39, 0.29) is 6.54 Å². The van der Waals surface area contributed by atoms with E-state index in [4.69, 9.17) is 10.8 Å². The van der Waals surface area contributed by atoms with Crippen LogP contribution < -0.4 is 11.1 Å². The largest absolute Gasteiger partial charge is 0.480 e. The molecule has 0 heterocycles. The Balaban J connectivity index is 3.81. The van der Waals surface area contributed by atoms with Crippen molar-refractivity contribution in [1.82, 2.24) is 5.32 Å². The topological polar surface area (TPSA) is 75.3 Å². The van der Waals surface area contributed by atoms with Crippen molar-refractivity contribution in [2.75, 3.05) is 13.1 Å². The summed E-state index contributed by atoms with van der Waals surface area (Å²) in [5, 5.41) is 10.0. The second kappa shape index (κ2) is 4.27. The summed E-state index contributed by atoms with van der Waals surface area (Å²) in [6, 6.07) is -1.34. The molecule has 0 fully saturated rings. The smallest absolute Gasteiger partial charge is 0.401 e. The van der Waals surface area contributed by atoms with Gasteiger partial charge in [0.25, 0.3) is 0 Å². The minimum atomic E-state index is -4.41. The van der Waals surface area contributed by atoms with Crippen LogP contribution in [-0.4, -0.2) is 36.4 Å². The van der Waals surface area contributed by atoms with E-state index < -0.39 is 24.7 Å². The average molecular weight is 186 g/mol. The highest BCUT2D eigenvalue weighted by atomic mass is 19.4. The van der Waals surface area contributed by atoms with Crippen molar-refractivity contribution in [2.45, 2.75) is 12.2 Å². The molecule has 0 amide bonds. The maximum absolute atomic E-state index is 11.5. The summed E-state index contributed by atoms with van der Waals surface area (Å²) >= 11 is 0. The van der Waals surface area contributed by atoms with Crippen molar-refractivity contribution >= 4 is 5.97 Å². The number of carbonyl (C=O) groups is 1. The molecular weight excluding hydrogens is 177 g/mol. The molecule has 0 aliphatic rings. The SMILES string of the molecule is NCC(NCC(F)(F)F)C(=O)O. The standard InChI is InChI=1S/C5H9F3N2O2/c6-5(7,8)2-10-3(1-9)4(11)12/h3,10H,1-2,9H2,(H,11,12). The molecule has 4 N–H and O–H groups in total. The lowest BCUT2D eigenvalue weighted by atomic mass is 10.3. The van der Waals surface area contributed by atoms with Gasteiger partial charge in [0.2, 0.25) is 0 Å². The number of carboxylic acid groups (broad SMARTS) is 1. The Morgan fingerprint density at radius 3 is 2.33 bits per heavy atom. The zero-order chi connectivity index (χ0) is 9.78. The van der Waals surface area contributed by atoms with Gasteiger partial charge in [-0.1, -0.05) is 0 Å². The second-order valence-corrected chi connectivity index (χ2v) is 2.12. The van der Waals surface area contributed by atoms with Crippen molar-refractivity contribution < 1.29 is 23.1 Å². The van der Waals surface area contributed by atoms with Crippen LogP contribution >= 0.6 is 0 Å². The van der Waals surface area contributed by atoms with Crippen LogP contribution in [0.5, 0.6) is 0 Å². The van der Waals surface area contributed by atoms with Crippen LogP contribution in [-0.2, 0) is 4.79 Å². The third-order valence-electron chi connectivity index (χ3n) is 1.08. The number of nitrogens with two attached hydrogens (primary N) is 1. The Morgan fingerprint density at radius 1 is 1.58 bits per heavy atom. The van der Waals surface area contributed by atoms with Crippen LogP contribution in [0.1, 0.15) is 0 Å². The molecule has 7 heteroatoms. The number of carboxylic acids is 1. The summed E-state index contributed by atoms with van der Waals surface area (Å²) in [4.78, 5) is 10.1. The van der Waals surface area contributed by atoms with Crippen LogP contribution in [0.15, 0.2) is 0 Å². The summed E-state index contributed by atoms with van der Waals surface area (Å²) in [5.41, 5.74) is 4.89. The van der Waals surface area contributed by atoms with E-state index in [2.05, 4.69) is 0 Å². The van der Waals surface area contributed by atoms with Crippen molar-refractivity contribution in [2.24, 2.45) is 5.73 Å². The number of hydrogen-bond acceptors (Lipinski definition) is 3. The molecule has 4 nitrogen and oxygen atoms in total. The predicted molar refractivity (Wildman–Crippen MR) is 34.5 cm³/mol. The normalized spacial score (nSPS) is 14.3. The minimum absolute atomic E-state index is 0.370. The van der Waals surface area contributed by atoms with E-state index in [1.54, 1.807) is 5.32 Å². The van der Waals surface area contributed by atoms with Gasteiger partial charge in [-0.2, -0.15) is 13.2 Å². The van der Waals surface area contributed by atoms with E-state index in [1.807, 2.05) is 0 Å². The number of aliphatic carboxylic acids is 1. The average Bonchev–Trinajstić information content (AvgIpc) is 1.85. The molecular formula is C5H9F3N2O2. The van der Waals surface area contributed by atoms with Gasteiger partial charge in [-0.15, -0.1) is 0 Å². The van der Waals surface area contributed by atoms with Crippen molar-refractivity contribution in [3.63, 3.8) is 0 Å². The first-order valence-corrected chi connectivity index (χ1v) is 3.10. The first-order valence-electron chi connectivity index (χ1n) is 3.10. The molecule has 12 heavy (non-hydrogen) atoms. The Bertz CT molecular complexity index is 159. The highest BCUT2D eigenvalue weighted by Gasteiger charge is 2.29. The van der Waals surface area contributed by atoms with Crippen LogP contribution in [0.3, 0.4) is 0 Å². The maximum atomic E-state index is 11.5. The highest BCUT2D eigenvalue weighted by molar-refractivity contribution is 5.73. The fourth-order valence-corrected chi connectivity index (χ4v) is 0.510. The van der Waals surface area contributed by atoms with Gasteiger partial charge in [-0.05, 0) is 0 Å². The lowest BCUT2D eigenvalue weighted by molar-refractivity contribution is -0.143. The number of halogens is 3. The Morgan fingerprint density at radius 2 is 2.08 bits per heavy atom. The number of nitrogens with one attached hydrogen (secondary N) is 1. The second-order valence-electron chi connectivity index (χ2n) is 2.12. The van der Waals surface area contributed by atoms with E-state index in [0.717, 1.165) is 0 Å². The molecule has 0 aromatic heterocycles. The summed E-state index contributed by atoms with van der Waals surface area (Å²) in [7, 11) is 0. The molecule has 72 valence electrons. The Hall–Kier alpha value is -0.820. The van der Waals surface area contributed by atoms with E-state index >= 15 is 0 Å². The van der Waals surface area contributed by atoms with Crippen LogP contribution in [0, 0.1) is 0 Å². The van der Waals surface area contributed by atoms with Gasteiger partial charge in [0.1, 0.15) is 6.04 Å². The van der Waals surface area contributed by atoms with E-state index in [0.29, 0.717) is 0 Å². The molecule has 0 saturated heterocycles. The Kier molecular flexibility index (Phi) is 3.98. The summed E-state index contributed by atoms with van der Waals surface area (Å²) in [6.45, 7) is -1.72. The van der Waals surface area contributed by atoms with Crippen LogP contribution in [0.25, 0.3) is 0 Å². The maximum Gasteiger partial charge on any atom is 0.401 e. The quantitative estimate of drug-likeness (QED) is 0.555.